The Bertz CT molecular complexity index is 369. The van der Waals surface area contributed by atoms with E-state index in [1.165, 1.54) is 31.2 Å². The van der Waals surface area contributed by atoms with Crippen LogP contribution in [0.3, 0.4) is 0 Å². The second kappa shape index (κ2) is 7.01. The fourth-order valence-corrected chi connectivity index (χ4v) is 3.00. The molecule has 2 rings (SSSR count). The first-order chi connectivity index (χ1) is 8.81. The van der Waals surface area contributed by atoms with E-state index in [-0.39, 0.29) is 0 Å². The minimum atomic E-state index is 0.351. The smallest absolute Gasteiger partial charge is 0.123 e. The number of hydrogen-bond donors (Lipinski definition) is 1. The molecule has 1 N–H and O–H groups in total. The van der Waals surface area contributed by atoms with E-state index in [1.807, 2.05) is 18.2 Å². The monoisotopic (exact) mass is 267 g/mol. The summed E-state index contributed by atoms with van der Waals surface area (Å²) in [4.78, 5) is 0. The van der Waals surface area contributed by atoms with E-state index in [9.17, 15) is 0 Å². The fraction of sp³-hybridized carbons (Fsp3) is 0.600. The molecule has 1 saturated carbocycles. The van der Waals surface area contributed by atoms with Crippen LogP contribution < -0.4 is 10.1 Å². The number of para-hydroxylation sites is 1. The van der Waals surface area contributed by atoms with Gasteiger partial charge in [-0.1, -0.05) is 31.0 Å². The summed E-state index contributed by atoms with van der Waals surface area (Å²) in [6.45, 7) is 1.86. The van der Waals surface area contributed by atoms with Gasteiger partial charge in [0.05, 0.1) is 7.11 Å². The molecule has 2 nitrogen and oxygen atoms in total. The largest absolute Gasteiger partial charge is 0.496 e. The lowest BCUT2D eigenvalue weighted by Gasteiger charge is -2.27. The third kappa shape index (κ3) is 3.63. The van der Waals surface area contributed by atoms with Crippen LogP contribution in [0.1, 0.15) is 31.2 Å². The van der Waals surface area contributed by atoms with Crippen molar-refractivity contribution < 1.29 is 4.74 Å². The average molecular weight is 268 g/mol. The number of ether oxygens (including phenoxy) is 1. The Morgan fingerprint density at radius 1 is 1.28 bits per heavy atom. The molecule has 18 heavy (non-hydrogen) atoms. The molecule has 2 atom stereocenters. The Morgan fingerprint density at radius 3 is 2.83 bits per heavy atom. The van der Waals surface area contributed by atoms with Crippen LogP contribution in [0.15, 0.2) is 24.3 Å². The molecule has 0 aliphatic heterocycles. The van der Waals surface area contributed by atoms with Crippen LogP contribution in [0.2, 0.25) is 0 Å². The third-order valence-corrected chi connectivity index (χ3v) is 4.31. The second-order valence-electron chi connectivity index (χ2n) is 5.00. The van der Waals surface area contributed by atoms with Crippen molar-refractivity contribution in [3.63, 3.8) is 0 Å². The van der Waals surface area contributed by atoms with Crippen molar-refractivity contribution in [1.29, 1.82) is 0 Å². The molecule has 0 radical (unpaired) electrons. The molecule has 0 amide bonds. The Kier molecular flexibility index (Phi) is 5.33. The third-order valence-electron chi connectivity index (χ3n) is 3.73. The maximum atomic E-state index is 6.36. The van der Waals surface area contributed by atoms with E-state index >= 15 is 0 Å². The zero-order chi connectivity index (χ0) is 12.8. The summed E-state index contributed by atoms with van der Waals surface area (Å²) in [5.74, 6) is 1.58. The molecule has 2 unspecified atom stereocenters. The molecule has 100 valence electrons. The van der Waals surface area contributed by atoms with E-state index in [0.29, 0.717) is 11.3 Å². The van der Waals surface area contributed by atoms with Gasteiger partial charge in [0, 0.05) is 17.5 Å². The normalized spacial score (nSPS) is 23.9. The molecule has 1 aliphatic carbocycles. The van der Waals surface area contributed by atoms with Gasteiger partial charge in [-0.15, -0.1) is 11.6 Å². The fourth-order valence-electron chi connectivity index (χ4n) is 2.63. The highest BCUT2D eigenvalue weighted by molar-refractivity contribution is 6.20. The number of nitrogens with one attached hydrogen (secondary N) is 1. The van der Waals surface area contributed by atoms with Gasteiger partial charge in [-0.25, -0.2) is 0 Å². The molecule has 0 spiro atoms. The summed E-state index contributed by atoms with van der Waals surface area (Å²) in [5, 5.41) is 3.86. The Balaban J connectivity index is 1.80. The van der Waals surface area contributed by atoms with E-state index < -0.39 is 0 Å². The van der Waals surface area contributed by atoms with Crippen LogP contribution in [-0.2, 0) is 6.54 Å². The van der Waals surface area contributed by atoms with Gasteiger partial charge >= 0.3 is 0 Å². The summed E-state index contributed by atoms with van der Waals surface area (Å²) in [7, 11) is 1.72. The maximum Gasteiger partial charge on any atom is 0.123 e. The van der Waals surface area contributed by atoms with Gasteiger partial charge in [0.1, 0.15) is 5.75 Å². The highest BCUT2D eigenvalue weighted by Crippen LogP contribution is 2.28. The van der Waals surface area contributed by atoms with Crippen LogP contribution in [0.25, 0.3) is 0 Å². The van der Waals surface area contributed by atoms with Gasteiger partial charge in [0.25, 0.3) is 0 Å². The minimum absolute atomic E-state index is 0.351. The molecule has 1 aromatic rings. The summed E-state index contributed by atoms with van der Waals surface area (Å²) in [6.07, 6.45) is 5.04. The van der Waals surface area contributed by atoms with Crippen molar-refractivity contribution in [2.75, 3.05) is 13.7 Å². The minimum Gasteiger partial charge on any atom is -0.496 e. The van der Waals surface area contributed by atoms with Gasteiger partial charge in [0.15, 0.2) is 0 Å². The molecule has 0 bridgehead atoms. The summed E-state index contributed by atoms with van der Waals surface area (Å²) < 4.78 is 5.34. The lowest BCUT2D eigenvalue weighted by Crippen LogP contribution is -2.30. The molecule has 1 fully saturated rings. The van der Waals surface area contributed by atoms with Gasteiger partial charge in [-0.3, -0.25) is 0 Å². The summed E-state index contributed by atoms with van der Waals surface area (Å²) in [5.41, 5.74) is 1.21. The number of rotatable bonds is 5. The van der Waals surface area contributed by atoms with Crippen molar-refractivity contribution in [1.82, 2.24) is 5.32 Å². The lowest BCUT2D eigenvalue weighted by atomic mass is 9.89. The average Bonchev–Trinajstić information content (AvgIpc) is 2.41. The molecule has 0 heterocycles. The number of benzene rings is 1. The van der Waals surface area contributed by atoms with Gasteiger partial charge in [-0.2, -0.15) is 0 Å². The van der Waals surface area contributed by atoms with Gasteiger partial charge in [0.2, 0.25) is 0 Å². The van der Waals surface area contributed by atoms with Gasteiger partial charge < -0.3 is 10.1 Å². The molecule has 1 aliphatic rings. The molecule has 0 saturated heterocycles. The van der Waals surface area contributed by atoms with Crippen LogP contribution in [0.5, 0.6) is 5.75 Å². The zero-order valence-electron chi connectivity index (χ0n) is 11.0. The van der Waals surface area contributed by atoms with Crippen LogP contribution in [0, 0.1) is 5.92 Å². The molecular weight excluding hydrogens is 246 g/mol. The zero-order valence-corrected chi connectivity index (χ0v) is 11.7. The SMILES string of the molecule is COc1ccccc1CNCC1CCCCC1Cl. The van der Waals surface area contributed by atoms with Gasteiger partial charge in [-0.05, 0) is 31.4 Å². The van der Waals surface area contributed by atoms with Crippen molar-refractivity contribution in [3.8, 4) is 5.75 Å². The van der Waals surface area contributed by atoms with Crippen LogP contribution in [0.4, 0.5) is 0 Å². The van der Waals surface area contributed by atoms with Crippen molar-refractivity contribution >= 4 is 11.6 Å². The van der Waals surface area contributed by atoms with E-state index in [0.717, 1.165) is 18.8 Å². The summed E-state index contributed by atoms with van der Waals surface area (Å²) >= 11 is 6.36. The second-order valence-corrected chi connectivity index (χ2v) is 5.56. The first-order valence-corrected chi connectivity index (χ1v) is 7.21. The molecule has 1 aromatic carbocycles. The lowest BCUT2D eigenvalue weighted by molar-refractivity contribution is 0.346. The van der Waals surface area contributed by atoms with Crippen molar-refractivity contribution in [3.05, 3.63) is 29.8 Å². The molecule has 0 aromatic heterocycles. The number of hydrogen-bond acceptors (Lipinski definition) is 2. The highest BCUT2D eigenvalue weighted by atomic mass is 35.5. The van der Waals surface area contributed by atoms with Crippen LogP contribution in [-0.4, -0.2) is 19.0 Å². The molecule has 3 heteroatoms. The van der Waals surface area contributed by atoms with Crippen molar-refractivity contribution in [2.45, 2.75) is 37.6 Å². The summed E-state index contributed by atoms with van der Waals surface area (Å²) in [6, 6.07) is 8.15. The number of methoxy groups -OCH3 is 1. The van der Waals surface area contributed by atoms with E-state index in [1.54, 1.807) is 7.11 Å². The first-order valence-electron chi connectivity index (χ1n) is 6.78. The quantitative estimate of drug-likeness (QED) is 0.824. The van der Waals surface area contributed by atoms with E-state index in [2.05, 4.69) is 11.4 Å². The Hall–Kier alpha value is -0.730. The predicted molar refractivity (Wildman–Crippen MR) is 76.3 cm³/mol. The Morgan fingerprint density at radius 2 is 2.06 bits per heavy atom. The maximum absolute atomic E-state index is 6.36. The van der Waals surface area contributed by atoms with E-state index in [4.69, 9.17) is 16.3 Å². The van der Waals surface area contributed by atoms with Crippen LogP contribution >= 0.6 is 11.6 Å². The standard InChI is InChI=1S/C15H22ClNO/c1-18-15-9-5-3-7-13(15)11-17-10-12-6-2-4-8-14(12)16/h3,5,7,9,12,14,17H,2,4,6,8,10-11H2,1H3. The first kappa shape index (κ1) is 13.7. The topological polar surface area (TPSA) is 21.3 Å². The highest BCUT2D eigenvalue weighted by Gasteiger charge is 2.22. The Labute approximate surface area is 115 Å². The molecular formula is C15H22ClNO. The van der Waals surface area contributed by atoms with Crippen molar-refractivity contribution in [2.24, 2.45) is 5.92 Å². The predicted octanol–water partition coefficient (Wildman–Crippen LogP) is 3.58. The number of halogens is 1. The number of alkyl halides is 1.